The number of nitrogens with zero attached hydrogens (tertiary/aromatic N) is 5. The van der Waals surface area contributed by atoms with E-state index >= 15 is 0 Å². The first kappa shape index (κ1) is 14.8. The highest BCUT2D eigenvalue weighted by Crippen LogP contribution is 2.49. The van der Waals surface area contributed by atoms with E-state index in [1.807, 2.05) is 65.5 Å². The highest BCUT2D eigenvalue weighted by molar-refractivity contribution is 5.91. The molecular formula is C20H16N6. The van der Waals surface area contributed by atoms with E-state index in [0.717, 1.165) is 40.7 Å². The maximum Gasteiger partial charge on any atom is 0.133 e. The third kappa shape index (κ3) is 2.14. The van der Waals surface area contributed by atoms with E-state index in [2.05, 4.69) is 26.6 Å². The molecule has 1 fully saturated rings. The molecule has 0 spiro atoms. The van der Waals surface area contributed by atoms with Gasteiger partial charge in [0.05, 0.1) is 29.2 Å². The van der Waals surface area contributed by atoms with Crippen molar-refractivity contribution in [1.29, 1.82) is 5.26 Å². The Morgan fingerprint density at radius 1 is 1.08 bits per heavy atom. The van der Waals surface area contributed by atoms with Crippen LogP contribution in [0.1, 0.15) is 24.4 Å². The minimum atomic E-state index is -0.420. The number of hydrogen-bond acceptors (Lipinski definition) is 4. The summed E-state index contributed by atoms with van der Waals surface area (Å²) in [4.78, 5) is 0. The van der Waals surface area contributed by atoms with Crippen LogP contribution in [0, 0.1) is 11.3 Å². The molecule has 0 saturated heterocycles. The van der Waals surface area contributed by atoms with Crippen LogP contribution in [-0.2, 0) is 5.41 Å². The van der Waals surface area contributed by atoms with Gasteiger partial charge in [-0.05, 0) is 24.5 Å². The van der Waals surface area contributed by atoms with E-state index in [0.29, 0.717) is 0 Å². The van der Waals surface area contributed by atoms with Crippen LogP contribution in [0.25, 0.3) is 22.3 Å². The average molecular weight is 340 g/mol. The van der Waals surface area contributed by atoms with Gasteiger partial charge in [0.2, 0.25) is 0 Å². The van der Waals surface area contributed by atoms with Crippen molar-refractivity contribution >= 4 is 10.9 Å². The first-order valence-corrected chi connectivity index (χ1v) is 8.61. The Morgan fingerprint density at radius 3 is 2.65 bits per heavy atom. The van der Waals surface area contributed by atoms with Gasteiger partial charge in [-0.25, -0.2) is 4.68 Å². The summed E-state index contributed by atoms with van der Waals surface area (Å²) in [7, 11) is 0. The van der Waals surface area contributed by atoms with Crippen molar-refractivity contribution in [3.05, 3.63) is 66.4 Å². The Hall–Kier alpha value is -3.46. The summed E-state index contributed by atoms with van der Waals surface area (Å²) in [6.07, 6.45) is 3.43. The van der Waals surface area contributed by atoms with E-state index in [1.54, 1.807) is 0 Å². The number of aromatic nitrogens is 5. The predicted octanol–water partition coefficient (Wildman–Crippen LogP) is 3.62. The smallest absolute Gasteiger partial charge is 0.133 e. The number of rotatable bonds is 3. The molecule has 2 aromatic carbocycles. The van der Waals surface area contributed by atoms with Gasteiger partial charge in [0.25, 0.3) is 0 Å². The molecular weight excluding hydrogens is 324 g/mol. The zero-order chi connectivity index (χ0) is 17.6. The van der Waals surface area contributed by atoms with Crippen molar-refractivity contribution in [3.8, 4) is 17.5 Å². The van der Waals surface area contributed by atoms with Gasteiger partial charge in [-0.3, -0.25) is 5.10 Å². The fraction of sp³-hybridized carbons (Fsp3) is 0.200. The molecule has 1 aliphatic rings. The first-order chi connectivity index (χ1) is 12.8. The molecule has 0 unspecified atom stereocenters. The van der Waals surface area contributed by atoms with E-state index in [1.165, 1.54) is 0 Å². The SMILES string of the molecule is N#CC1(c2ccccc2)CC(n2cc(-c3n[nH]c4ccccc34)nn2)C1. The number of nitriles is 1. The number of nitrogens with one attached hydrogen (secondary N) is 1. The molecule has 126 valence electrons. The van der Waals surface area contributed by atoms with Crippen LogP contribution in [-0.4, -0.2) is 25.2 Å². The first-order valence-electron chi connectivity index (χ1n) is 8.61. The molecule has 0 radical (unpaired) electrons. The molecule has 0 atom stereocenters. The molecule has 6 heteroatoms. The number of benzene rings is 2. The summed E-state index contributed by atoms with van der Waals surface area (Å²) >= 11 is 0. The van der Waals surface area contributed by atoms with Crippen LogP contribution in [0.3, 0.4) is 0 Å². The van der Waals surface area contributed by atoms with Crippen LogP contribution in [0.4, 0.5) is 0 Å². The number of fused-ring (bicyclic) bond motifs is 1. The van der Waals surface area contributed by atoms with Crippen molar-refractivity contribution in [2.24, 2.45) is 0 Å². The van der Waals surface area contributed by atoms with Crippen molar-refractivity contribution in [2.75, 3.05) is 0 Å². The second kappa shape index (κ2) is 5.53. The normalized spacial score (nSPS) is 22.0. The van der Waals surface area contributed by atoms with Gasteiger partial charge >= 0.3 is 0 Å². The summed E-state index contributed by atoms with van der Waals surface area (Å²) in [5.74, 6) is 0. The lowest BCUT2D eigenvalue weighted by Crippen LogP contribution is -2.41. The number of H-pyrrole nitrogens is 1. The van der Waals surface area contributed by atoms with Gasteiger partial charge < -0.3 is 0 Å². The third-order valence-electron chi connectivity index (χ3n) is 5.31. The van der Waals surface area contributed by atoms with E-state index in [4.69, 9.17) is 0 Å². The molecule has 6 nitrogen and oxygen atoms in total. The van der Waals surface area contributed by atoms with Crippen LogP contribution >= 0.6 is 0 Å². The van der Waals surface area contributed by atoms with Crippen molar-refractivity contribution in [2.45, 2.75) is 24.3 Å². The van der Waals surface area contributed by atoms with Crippen LogP contribution in [0.2, 0.25) is 0 Å². The Morgan fingerprint density at radius 2 is 1.85 bits per heavy atom. The lowest BCUT2D eigenvalue weighted by molar-refractivity contribution is 0.184. The minimum absolute atomic E-state index is 0.182. The van der Waals surface area contributed by atoms with Gasteiger partial charge in [0.15, 0.2) is 0 Å². The molecule has 0 aliphatic heterocycles. The maximum atomic E-state index is 9.72. The molecule has 2 heterocycles. The summed E-state index contributed by atoms with van der Waals surface area (Å²) in [5, 5.41) is 26.8. The summed E-state index contributed by atoms with van der Waals surface area (Å²) in [6.45, 7) is 0. The van der Waals surface area contributed by atoms with E-state index < -0.39 is 5.41 Å². The Bertz CT molecular complexity index is 1110. The van der Waals surface area contributed by atoms with Gasteiger partial charge in [0, 0.05) is 5.39 Å². The number of aromatic amines is 1. The Kier molecular flexibility index (Phi) is 3.16. The molecule has 26 heavy (non-hydrogen) atoms. The summed E-state index contributed by atoms with van der Waals surface area (Å²) in [5.41, 5.74) is 3.19. The van der Waals surface area contributed by atoms with Gasteiger partial charge in [-0.15, -0.1) is 5.10 Å². The van der Waals surface area contributed by atoms with Crippen molar-refractivity contribution < 1.29 is 0 Å². The fourth-order valence-electron chi connectivity index (χ4n) is 3.80. The molecule has 1 N–H and O–H groups in total. The van der Waals surface area contributed by atoms with Crippen LogP contribution < -0.4 is 0 Å². The molecule has 0 amide bonds. The Balaban J connectivity index is 1.42. The third-order valence-corrected chi connectivity index (χ3v) is 5.31. The van der Waals surface area contributed by atoms with Gasteiger partial charge in [-0.1, -0.05) is 53.7 Å². The molecule has 1 saturated carbocycles. The fourth-order valence-corrected chi connectivity index (χ4v) is 3.80. The highest BCUT2D eigenvalue weighted by atomic mass is 15.4. The van der Waals surface area contributed by atoms with E-state index in [-0.39, 0.29) is 6.04 Å². The monoisotopic (exact) mass is 340 g/mol. The van der Waals surface area contributed by atoms with Crippen LogP contribution in [0.5, 0.6) is 0 Å². The second-order valence-corrected chi connectivity index (χ2v) is 6.82. The highest BCUT2D eigenvalue weighted by Gasteiger charge is 2.47. The Labute approximate surface area is 150 Å². The van der Waals surface area contributed by atoms with Gasteiger partial charge in [-0.2, -0.15) is 10.4 Å². The summed E-state index contributed by atoms with van der Waals surface area (Å²) in [6, 6.07) is 20.7. The van der Waals surface area contributed by atoms with Crippen molar-refractivity contribution in [1.82, 2.24) is 25.2 Å². The largest absolute Gasteiger partial charge is 0.277 e. The van der Waals surface area contributed by atoms with Crippen LogP contribution in [0.15, 0.2) is 60.8 Å². The molecule has 1 aliphatic carbocycles. The number of para-hydroxylation sites is 1. The standard InChI is InChI=1S/C20H16N6/c21-13-20(14-6-2-1-3-7-14)10-15(11-20)26-12-18(23-25-26)19-16-8-4-5-9-17(16)22-24-19/h1-9,12,15H,10-11H2,(H,22,24). The molecule has 4 aromatic rings. The maximum absolute atomic E-state index is 9.72. The molecule has 5 rings (SSSR count). The lowest BCUT2D eigenvalue weighted by atomic mass is 9.62. The lowest BCUT2D eigenvalue weighted by Gasteiger charge is -2.42. The second-order valence-electron chi connectivity index (χ2n) is 6.82. The molecule has 0 bridgehead atoms. The predicted molar refractivity (Wildman–Crippen MR) is 97.1 cm³/mol. The zero-order valence-electron chi connectivity index (χ0n) is 14.0. The number of hydrogen-bond donors (Lipinski definition) is 1. The minimum Gasteiger partial charge on any atom is -0.277 e. The van der Waals surface area contributed by atoms with E-state index in [9.17, 15) is 5.26 Å². The zero-order valence-corrected chi connectivity index (χ0v) is 14.0. The summed E-state index contributed by atoms with van der Waals surface area (Å²) < 4.78 is 1.87. The van der Waals surface area contributed by atoms with Gasteiger partial charge in [0.1, 0.15) is 11.4 Å². The topological polar surface area (TPSA) is 83.2 Å². The average Bonchev–Trinajstić information content (AvgIpc) is 3.29. The van der Waals surface area contributed by atoms with Crippen molar-refractivity contribution in [3.63, 3.8) is 0 Å². The molecule has 2 aromatic heterocycles. The quantitative estimate of drug-likeness (QED) is 0.617.